The topological polar surface area (TPSA) is 22.2 Å². The summed E-state index contributed by atoms with van der Waals surface area (Å²) in [6.45, 7) is 6.75. The van der Waals surface area contributed by atoms with Gasteiger partial charge in [0.15, 0.2) is 0 Å². The number of benzene rings is 1. The quantitative estimate of drug-likeness (QED) is 0.408. The Balaban J connectivity index is 1.78. The van der Waals surface area contributed by atoms with Crippen LogP contribution >= 0.6 is 0 Å². The molecular formula is C24H27N3. The molecule has 0 unspecified atom stereocenters. The van der Waals surface area contributed by atoms with Gasteiger partial charge in [-0.2, -0.15) is 5.10 Å². The molecule has 3 heteroatoms. The molecule has 4 aromatic rings. The van der Waals surface area contributed by atoms with Crippen molar-refractivity contribution in [2.75, 3.05) is 0 Å². The second-order valence-corrected chi connectivity index (χ2v) is 8.09. The summed E-state index contributed by atoms with van der Waals surface area (Å²) in [5, 5.41) is 7.65. The van der Waals surface area contributed by atoms with Crippen molar-refractivity contribution in [3.63, 3.8) is 0 Å². The van der Waals surface area contributed by atoms with E-state index in [2.05, 4.69) is 72.4 Å². The van der Waals surface area contributed by atoms with Crippen molar-refractivity contribution >= 4 is 16.3 Å². The van der Waals surface area contributed by atoms with Crippen molar-refractivity contribution in [1.29, 1.82) is 0 Å². The van der Waals surface area contributed by atoms with Crippen molar-refractivity contribution in [2.24, 2.45) is 0 Å². The Bertz CT molecular complexity index is 1130. The highest BCUT2D eigenvalue weighted by Crippen LogP contribution is 2.38. The summed E-state index contributed by atoms with van der Waals surface area (Å²) in [4.78, 5) is 0. The van der Waals surface area contributed by atoms with Crippen LogP contribution in [0.2, 0.25) is 0 Å². The number of nitrogens with zero attached hydrogens (tertiary/aromatic N) is 3. The highest BCUT2D eigenvalue weighted by Gasteiger charge is 2.24. The van der Waals surface area contributed by atoms with Crippen LogP contribution in [0.3, 0.4) is 0 Å². The van der Waals surface area contributed by atoms with Crippen molar-refractivity contribution < 1.29 is 0 Å². The molecular weight excluding hydrogens is 330 g/mol. The number of aryl methyl sites for hydroxylation is 3. The summed E-state index contributed by atoms with van der Waals surface area (Å²) in [5.74, 6) is 0. The van der Waals surface area contributed by atoms with Gasteiger partial charge >= 0.3 is 0 Å². The van der Waals surface area contributed by atoms with E-state index in [0.717, 1.165) is 5.69 Å². The minimum absolute atomic E-state index is 0.647. The zero-order valence-electron chi connectivity index (χ0n) is 16.5. The van der Waals surface area contributed by atoms with E-state index in [0.29, 0.717) is 6.04 Å². The average Bonchev–Trinajstić information content (AvgIpc) is 3.22. The largest absolute Gasteiger partial charge is 0.345 e. The molecule has 0 spiro atoms. The first-order valence-corrected chi connectivity index (χ1v) is 10.2. The molecule has 5 rings (SSSR count). The van der Waals surface area contributed by atoms with Crippen LogP contribution in [0, 0.1) is 20.8 Å². The smallest absolute Gasteiger partial charge is 0.0749 e. The van der Waals surface area contributed by atoms with Crippen LogP contribution in [0.5, 0.6) is 0 Å². The number of fused-ring (bicyclic) bond motifs is 3. The van der Waals surface area contributed by atoms with Crippen LogP contribution in [0.1, 0.15) is 55.2 Å². The molecule has 1 aliphatic rings. The summed E-state index contributed by atoms with van der Waals surface area (Å²) in [6.07, 6.45) is 8.88. The number of hydrogen-bond donors (Lipinski definition) is 0. The monoisotopic (exact) mass is 357 g/mol. The van der Waals surface area contributed by atoms with Gasteiger partial charge in [0, 0.05) is 40.0 Å². The first kappa shape index (κ1) is 16.6. The van der Waals surface area contributed by atoms with Crippen molar-refractivity contribution in [1.82, 2.24) is 14.2 Å². The van der Waals surface area contributed by atoms with E-state index in [1.165, 1.54) is 70.9 Å². The summed E-state index contributed by atoms with van der Waals surface area (Å²) >= 11 is 0. The second-order valence-electron chi connectivity index (χ2n) is 8.09. The van der Waals surface area contributed by atoms with Crippen LogP contribution in [-0.2, 0) is 0 Å². The highest BCUT2D eigenvalue weighted by atomic mass is 15.2. The van der Waals surface area contributed by atoms with E-state index < -0.39 is 0 Å². The summed E-state index contributed by atoms with van der Waals surface area (Å²) in [6, 6.07) is 13.6. The Hall–Kier alpha value is -2.55. The van der Waals surface area contributed by atoms with Crippen LogP contribution < -0.4 is 0 Å². The third kappa shape index (κ3) is 2.52. The third-order valence-corrected chi connectivity index (χ3v) is 6.42. The molecule has 3 aromatic heterocycles. The number of aromatic nitrogens is 3. The number of rotatable bonds is 2. The zero-order valence-corrected chi connectivity index (χ0v) is 16.5. The van der Waals surface area contributed by atoms with Gasteiger partial charge in [0.25, 0.3) is 0 Å². The fraction of sp³-hybridized carbons (Fsp3) is 0.375. The fourth-order valence-corrected chi connectivity index (χ4v) is 5.22. The standard InChI is InChI=1S/C24H27N3/c1-16-23-17(2)27(21-12-8-5-9-13-21)18(3)24(23)22-14-20(15-26(22)25-16)19-10-6-4-7-11-19/h4,6-7,10-11,14-15,21H,5,8-9,12-13H2,1-3H3. The lowest BCUT2D eigenvalue weighted by Crippen LogP contribution is -2.15. The molecule has 3 heterocycles. The van der Waals surface area contributed by atoms with E-state index >= 15 is 0 Å². The normalized spacial score (nSPS) is 15.8. The van der Waals surface area contributed by atoms with Crippen molar-refractivity contribution in [2.45, 2.75) is 58.9 Å². The molecule has 0 amide bonds. The Morgan fingerprint density at radius 1 is 0.852 bits per heavy atom. The van der Waals surface area contributed by atoms with E-state index in [4.69, 9.17) is 5.10 Å². The molecule has 0 saturated heterocycles. The molecule has 1 aliphatic carbocycles. The molecule has 0 bridgehead atoms. The Labute approximate surface area is 160 Å². The van der Waals surface area contributed by atoms with E-state index in [-0.39, 0.29) is 0 Å². The van der Waals surface area contributed by atoms with Crippen LogP contribution in [0.4, 0.5) is 0 Å². The Morgan fingerprint density at radius 2 is 1.56 bits per heavy atom. The zero-order chi connectivity index (χ0) is 18.5. The average molecular weight is 358 g/mol. The van der Waals surface area contributed by atoms with Crippen molar-refractivity contribution in [3.8, 4) is 11.1 Å². The fourth-order valence-electron chi connectivity index (χ4n) is 5.22. The summed E-state index contributed by atoms with van der Waals surface area (Å²) in [5.41, 5.74) is 7.63. The molecule has 1 fully saturated rings. The molecule has 138 valence electrons. The first-order valence-electron chi connectivity index (χ1n) is 10.2. The summed E-state index contributed by atoms with van der Waals surface area (Å²) in [7, 11) is 0. The maximum atomic E-state index is 4.91. The summed E-state index contributed by atoms with van der Waals surface area (Å²) < 4.78 is 4.70. The Morgan fingerprint density at radius 3 is 2.30 bits per heavy atom. The molecule has 3 nitrogen and oxygen atoms in total. The maximum absolute atomic E-state index is 4.91. The van der Waals surface area contributed by atoms with Gasteiger partial charge < -0.3 is 4.57 Å². The highest BCUT2D eigenvalue weighted by molar-refractivity contribution is 6.02. The van der Waals surface area contributed by atoms with E-state index in [1.54, 1.807) is 0 Å². The van der Waals surface area contributed by atoms with Crippen molar-refractivity contribution in [3.05, 3.63) is 59.7 Å². The van der Waals surface area contributed by atoms with Gasteiger partial charge in [0.1, 0.15) is 0 Å². The molecule has 0 atom stereocenters. The maximum Gasteiger partial charge on any atom is 0.0749 e. The van der Waals surface area contributed by atoms with Crippen LogP contribution in [0.25, 0.3) is 27.4 Å². The Kier molecular flexibility index (Phi) is 3.85. The minimum Gasteiger partial charge on any atom is -0.345 e. The predicted molar refractivity (Wildman–Crippen MR) is 112 cm³/mol. The van der Waals surface area contributed by atoms with Gasteiger partial charge in [-0.05, 0) is 45.2 Å². The first-order chi connectivity index (χ1) is 13.1. The van der Waals surface area contributed by atoms with Gasteiger partial charge in [-0.1, -0.05) is 49.6 Å². The van der Waals surface area contributed by atoms with Gasteiger partial charge in [-0.15, -0.1) is 0 Å². The molecule has 27 heavy (non-hydrogen) atoms. The van der Waals surface area contributed by atoms with Gasteiger partial charge in [-0.25, -0.2) is 4.52 Å². The van der Waals surface area contributed by atoms with Crippen LogP contribution in [-0.4, -0.2) is 14.2 Å². The third-order valence-electron chi connectivity index (χ3n) is 6.42. The predicted octanol–water partition coefficient (Wildman–Crippen LogP) is 6.39. The van der Waals surface area contributed by atoms with Gasteiger partial charge in [-0.3, -0.25) is 0 Å². The lowest BCUT2D eigenvalue weighted by atomic mass is 9.95. The second kappa shape index (κ2) is 6.26. The lowest BCUT2D eigenvalue weighted by molar-refractivity contribution is 0.346. The number of hydrogen-bond acceptors (Lipinski definition) is 1. The van der Waals surface area contributed by atoms with E-state index in [9.17, 15) is 0 Å². The minimum atomic E-state index is 0.647. The molecule has 1 saturated carbocycles. The SMILES string of the molecule is Cc1nn2cc(-c3ccccc3)cc2c2c(C)n(C3CCCCC3)c(C)c12. The molecule has 0 radical (unpaired) electrons. The molecule has 0 N–H and O–H groups in total. The van der Waals surface area contributed by atoms with E-state index in [1.807, 2.05) is 0 Å². The van der Waals surface area contributed by atoms with Gasteiger partial charge in [0.2, 0.25) is 0 Å². The molecule has 0 aliphatic heterocycles. The lowest BCUT2D eigenvalue weighted by Gasteiger charge is -2.26. The van der Waals surface area contributed by atoms with Crippen LogP contribution in [0.15, 0.2) is 42.6 Å². The molecule has 1 aromatic carbocycles. The van der Waals surface area contributed by atoms with Gasteiger partial charge in [0.05, 0.1) is 11.2 Å².